The summed E-state index contributed by atoms with van der Waals surface area (Å²) >= 11 is 8.47. The van der Waals surface area contributed by atoms with Crippen LogP contribution in [-0.2, 0) is 0 Å². The van der Waals surface area contributed by atoms with E-state index in [9.17, 15) is 5.11 Å². The van der Waals surface area contributed by atoms with Gasteiger partial charge >= 0.3 is 0 Å². The molecular weight excluding hydrogens is 392 g/mol. The van der Waals surface area contributed by atoms with Crippen molar-refractivity contribution in [2.45, 2.75) is 20.0 Å². The largest absolute Gasteiger partial charge is 0.493 e. The van der Waals surface area contributed by atoms with E-state index in [1.165, 1.54) is 0 Å². The van der Waals surface area contributed by atoms with E-state index < -0.39 is 6.10 Å². The van der Waals surface area contributed by atoms with Gasteiger partial charge in [-0.15, -0.1) is 11.3 Å². The molecule has 102 valence electrons. The van der Waals surface area contributed by atoms with Gasteiger partial charge in [0.05, 0.1) is 10.4 Å². The lowest BCUT2D eigenvalue weighted by molar-refractivity contribution is 0.215. The minimum absolute atomic E-state index is 0.578. The van der Waals surface area contributed by atoms with Gasteiger partial charge in [-0.1, -0.05) is 15.9 Å². The maximum absolute atomic E-state index is 10.6. The summed E-state index contributed by atoms with van der Waals surface area (Å²) in [5, 5.41) is 10.6. The van der Waals surface area contributed by atoms with Crippen molar-refractivity contribution < 1.29 is 9.84 Å². The molecule has 0 aliphatic rings. The molecule has 0 saturated carbocycles. The van der Waals surface area contributed by atoms with Crippen LogP contribution in [0.4, 0.5) is 0 Å². The van der Waals surface area contributed by atoms with Gasteiger partial charge in [-0.2, -0.15) is 0 Å². The van der Waals surface area contributed by atoms with Crippen LogP contribution in [0.5, 0.6) is 5.75 Å². The van der Waals surface area contributed by atoms with Crippen molar-refractivity contribution >= 4 is 43.2 Å². The Balaban J connectivity index is 2.41. The van der Waals surface area contributed by atoms with Gasteiger partial charge < -0.3 is 9.84 Å². The van der Waals surface area contributed by atoms with E-state index in [1.807, 2.05) is 38.1 Å². The SMILES string of the molecule is CCOc1ccc(Br)cc1C(O)c1cc(C)c(Br)s1. The molecule has 19 heavy (non-hydrogen) atoms. The number of thiophene rings is 1. The Morgan fingerprint density at radius 2 is 2.05 bits per heavy atom. The number of benzene rings is 1. The zero-order valence-corrected chi connectivity index (χ0v) is 14.6. The van der Waals surface area contributed by atoms with Crippen LogP contribution in [0.15, 0.2) is 32.5 Å². The van der Waals surface area contributed by atoms with Crippen LogP contribution in [-0.4, -0.2) is 11.7 Å². The Hall–Kier alpha value is -0.360. The summed E-state index contributed by atoms with van der Waals surface area (Å²) in [7, 11) is 0. The normalized spacial score (nSPS) is 12.5. The summed E-state index contributed by atoms with van der Waals surface area (Å²) in [6.45, 7) is 4.53. The van der Waals surface area contributed by atoms with Crippen LogP contribution in [0.2, 0.25) is 0 Å². The molecular formula is C14H14Br2O2S. The fraction of sp³-hybridized carbons (Fsp3) is 0.286. The highest BCUT2D eigenvalue weighted by atomic mass is 79.9. The van der Waals surface area contributed by atoms with Crippen molar-refractivity contribution in [3.05, 3.63) is 48.5 Å². The van der Waals surface area contributed by atoms with Crippen LogP contribution in [0.25, 0.3) is 0 Å². The average Bonchev–Trinajstić information content (AvgIpc) is 2.71. The third kappa shape index (κ3) is 3.40. The number of ether oxygens (including phenoxy) is 1. The van der Waals surface area contributed by atoms with Crippen molar-refractivity contribution in [1.82, 2.24) is 0 Å². The summed E-state index contributed by atoms with van der Waals surface area (Å²) in [5.41, 5.74) is 1.91. The second-order valence-corrected chi connectivity index (χ2v) is 7.44. The lowest BCUT2D eigenvalue weighted by Gasteiger charge is -2.15. The molecule has 1 aromatic heterocycles. The van der Waals surface area contributed by atoms with E-state index in [2.05, 4.69) is 31.9 Å². The van der Waals surface area contributed by atoms with Crippen molar-refractivity contribution in [1.29, 1.82) is 0 Å². The predicted molar refractivity (Wildman–Crippen MR) is 86.1 cm³/mol. The fourth-order valence-electron chi connectivity index (χ4n) is 1.79. The van der Waals surface area contributed by atoms with Gasteiger partial charge in [-0.05, 0) is 59.6 Å². The molecule has 0 amide bonds. The van der Waals surface area contributed by atoms with Gasteiger partial charge in [-0.25, -0.2) is 0 Å². The van der Waals surface area contributed by atoms with E-state index in [-0.39, 0.29) is 0 Å². The molecule has 0 aliphatic carbocycles. The van der Waals surface area contributed by atoms with Crippen molar-refractivity contribution in [3.8, 4) is 5.75 Å². The Bertz CT molecular complexity index is 561. The topological polar surface area (TPSA) is 29.5 Å². The fourth-order valence-corrected chi connectivity index (χ4v) is 3.75. The highest BCUT2D eigenvalue weighted by Crippen LogP contribution is 2.38. The number of halogens is 2. The maximum Gasteiger partial charge on any atom is 0.125 e. The van der Waals surface area contributed by atoms with E-state index in [0.29, 0.717) is 6.61 Å². The Morgan fingerprint density at radius 3 is 2.63 bits per heavy atom. The van der Waals surface area contributed by atoms with Crippen LogP contribution < -0.4 is 4.74 Å². The van der Waals surface area contributed by atoms with Gasteiger partial charge in [0.1, 0.15) is 11.9 Å². The Kier molecular flexibility index (Phi) is 5.06. The summed E-state index contributed by atoms with van der Waals surface area (Å²) < 4.78 is 7.56. The van der Waals surface area contributed by atoms with E-state index >= 15 is 0 Å². The molecule has 2 rings (SSSR count). The lowest BCUT2D eigenvalue weighted by atomic mass is 10.1. The number of aryl methyl sites for hydroxylation is 1. The second kappa shape index (κ2) is 6.39. The molecule has 1 unspecified atom stereocenters. The molecule has 0 radical (unpaired) electrons. The summed E-state index contributed by atoms with van der Waals surface area (Å²) in [5.74, 6) is 0.723. The first-order valence-electron chi connectivity index (χ1n) is 5.89. The Labute approximate surface area is 133 Å². The number of aliphatic hydroxyl groups excluding tert-OH is 1. The first kappa shape index (κ1) is 15.0. The van der Waals surface area contributed by atoms with Crippen molar-refractivity contribution in [3.63, 3.8) is 0 Å². The summed E-state index contributed by atoms with van der Waals surface area (Å²) in [4.78, 5) is 0.906. The van der Waals surface area contributed by atoms with Crippen molar-refractivity contribution in [2.24, 2.45) is 0 Å². The van der Waals surface area contributed by atoms with E-state index in [4.69, 9.17) is 4.74 Å². The van der Waals surface area contributed by atoms with Crippen LogP contribution in [0.3, 0.4) is 0 Å². The molecule has 1 N–H and O–H groups in total. The van der Waals surface area contributed by atoms with Crippen LogP contribution >= 0.6 is 43.2 Å². The third-order valence-corrected chi connectivity index (χ3v) is 5.39. The van der Waals surface area contributed by atoms with Gasteiger partial charge in [0, 0.05) is 14.9 Å². The summed E-state index contributed by atoms with van der Waals surface area (Å²) in [6, 6.07) is 7.69. The smallest absolute Gasteiger partial charge is 0.125 e. The second-order valence-electron chi connectivity index (χ2n) is 4.12. The highest BCUT2D eigenvalue weighted by Gasteiger charge is 2.19. The molecule has 1 heterocycles. The lowest BCUT2D eigenvalue weighted by Crippen LogP contribution is -2.02. The molecule has 1 aromatic carbocycles. The zero-order chi connectivity index (χ0) is 14.0. The minimum Gasteiger partial charge on any atom is -0.493 e. The average molecular weight is 406 g/mol. The first-order valence-corrected chi connectivity index (χ1v) is 8.29. The molecule has 2 nitrogen and oxygen atoms in total. The maximum atomic E-state index is 10.6. The number of rotatable bonds is 4. The van der Waals surface area contributed by atoms with Gasteiger partial charge in [0.2, 0.25) is 0 Å². The minimum atomic E-state index is -0.672. The first-order chi connectivity index (χ1) is 9.02. The van der Waals surface area contributed by atoms with Crippen LogP contribution in [0, 0.1) is 6.92 Å². The molecule has 0 saturated heterocycles. The zero-order valence-electron chi connectivity index (χ0n) is 10.6. The molecule has 0 fully saturated rings. The van der Waals surface area contributed by atoms with Gasteiger partial charge in [-0.3, -0.25) is 0 Å². The molecule has 5 heteroatoms. The molecule has 2 aromatic rings. The quantitative estimate of drug-likeness (QED) is 0.769. The summed E-state index contributed by atoms with van der Waals surface area (Å²) in [6.07, 6.45) is -0.672. The monoisotopic (exact) mass is 404 g/mol. The number of aliphatic hydroxyl groups is 1. The van der Waals surface area contributed by atoms with Gasteiger partial charge in [0.25, 0.3) is 0 Å². The predicted octanol–water partition coefficient (Wildman–Crippen LogP) is 5.06. The standard InChI is InChI=1S/C14H14Br2O2S/c1-3-18-11-5-4-9(15)7-10(11)13(17)12-6-8(2)14(16)19-12/h4-7,13,17H,3H2,1-2H3. The third-order valence-electron chi connectivity index (χ3n) is 2.71. The number of hydrogen-bond donors (Lipinski definition) is 1. The van der Waals surface area contributed by atoms with E-state index in [0.717, 1.165) is 30.0 Å². The number of hydrogen-bond acceptors (Lipinski definition) is 3. The molecule has 0 aliphatic heterocycles. The van der Waals surface area contributed by atoms with Gasteiger partial charge in [0.15, 0.2) is 0 Å². The molecule has 0 bridgehead atoms. The van der Waals surface area contributed by atoms with Crippen molar-refractivity contribution in [2.75, 3.05) is 6.61 Å². The molecule has 0 spiro atoms. The molecule has 1 atom stereocenters. The van der Waals surface area contributed by atoms with Crippen LogP contribution in [0.1, 0.15) is 29.0 Å². The Morgan fingerprint density at radius 1 is 1.32 bits per heavy atom. The van der Waals surface area contributed by atoms with E-state index in [1.54, 1.807) is 11.3 Å². The highest BCUT2D eigenvalue weighted by molar-refractivity contribution is 9.11.